The second-order valence-electron chi connectivity index (χ2n) is 4.07. The second kappa shape index (κ2) is 4.49. The van der Waals surface area contributed by atoms with Crippen molar-refractivity contribution in [3.8, 4) is 28.7 Å². The zero-order valence-electron chi connectivity index (χ0n) is 10.1. The van der Waals surface area contributed by atoms with Crippen molar-refractivity contribution >= 4 is 0 Å². The highest BCUT2D eigenvalue weighted by molar-refractivity contribution is 5.57. The fourth-order valence-electron chi connectivity index (χ4n) is 1.65. The van der Waals surface area contributed by atoms with Crippen LogP contribution in [0.2, 0.25) is 0 Å². The third-order valence-electron chi connectivity index (χ3n) is 2.54. The Kier molecular flexibility index (Phi) is 2.68. The zero-order chi connectivity index (χ0) is 13.2. The van der Waals surface area contributed by atoms with Gasteiger partial charge in [-0.1, -0.05) is 5.16 Å². The molecule has 3 heterocycles. The summed E-state index contributed by atoms with van der Waals surface area (Å²) in [6.07, 6.45) is 4.57. The van der Waals surface area contributed by atoms with Crippen molar-refractivity contribution in [3.05, 3.63) is 42.4 Å². The molecule has 3 rings (SSSR count). The van der Waals surface area contributed by atoms with Gasteiger partial charge in [0.05, 0.1) is 11.8 Å². The molecular formula is C13H10N4O2. The van der Waals surface area contributed by atoms with E-state index in [2.05, 4.69) is 20.1 Å². The largest absolute Gasteiger partial charge is 0.506 e. The molecule has 3 aromatic rings. The first kappa shape index (κ1) is 11.3. The monoisotopic (exact) mass is 254 g/mol. The molecular weight excluding hydrogens is 244 g/mol. The quantitative estimate of drug-likeness (QED) is 0.754. The molecule has 0 atom stereocenters. The number of pyridine rings is 2. The fraction of sp³-hybridized carbons (Fsp3) is 0.0769. The Morgan fingerprint density at radius 2 is 2.11 bits per heavy atom. The van der Waals surface area contributed by atoms with E-state index in [9.17, 15) is 5.11 Å². The Morgan fingerprint density at radius 1 is 1.21 bits per heavy atom. The van der Waals surface area contributed by atoms with Gasteiger partial charge >= 0.3 is 0 Å². The molecule has 19 heavy (non-hydrogen) atoms. The van der Waals surface area contributed by atoms with Crippen molar-refractivity contribution in [2.75, 3.05) is 0 Å². The van der Waals surface area contributed by atoms with Gasteiger partial charge in [0, 0.05) is 12.4 Å². The van der Waals surface area contributed by atoms with Crippen LogP contribution in [0.25, 0.3) is 23.0 Å². The number of rotatable bonds is 2. The maximum absolute atomic E-state index is 9.37. The summed E-state index contributed by atoms with van der Waals surface area (Å²) in [5.74, 6) is 0.745. The van der Waals surface area contributed by atoms with Gasteiger partial charge in [0.15, 0.2) is 0 Å². The van der Waals surface area contributed by atoms with Gasteiger partial charge in [0.25, 0.3) is 5.89 Å². The van der Waals surface area contributed by atoms with Crippen LogP contribution >= 0.6 is 0 Å². The Labute approximate surface area is 108 Å². The van der Waals surface area contributed by atoms with Crippen molar-refractivity contribution in [2.24, 2.45) is 0 Å². The Morgan fingerprint density at radius 3 is 2.89 bits per heavy atom. The number of aromatic hydroxyl groups is 1. The van der Waals surface area contributed by atoms with Crippen LogP contribution in [0.3, 0.4) is 0 Å². The summed E-state index contributed by atoms with van der Waals surface area (Å²) in [5.41, 5.74) is 2.27. The van der Waals surface area contributed by atoms with E-state index >= 15 is 0 Å². The lowest BCUT2D eigenvalue weighted by atomic mass is 10.2. The standard InChI is InChI=1S/C13H10N4O2/c1-8-2-3-15-11(4-8)12-16-13(19-17-12)9-5-10(18)7-14-6-9/h2-7,18H,1H3. The highest BCUT2D eigenvalue weighted by Gasteiger charge is 2.12. The molecule has 0 aliphatic carbocycles. The molecule has 0 aromatic carbocycles. The summed E-state index contributed by atoms with van der Waals surface area (Å²) in [5, 5.41) is 13.2. The highest BCUT2D eigenvalue weighted by atomic mass is 16.5. The minimum Gasteiger partial charge on any atom is -0.506 e. The van der Waals surface area contributed by atoms with Crippen LogP contribution in [0.4, 0.5) is 0 Å². The van der Waals surface area contributed by atoms with Gasteiger partial charge in [-0.2, -0.15) is 4.98 Å². The SMILES string of the molecule is Cc1ccnc(-c2noc(-c3cncc(O)c3)n2)c1. The molecule has 0 fully saturated rings. The molecule has 0 amide bonds. The van der Waals surface area contributed by atoms with Crippen LogP contribution in [-0.2, 0) is 0 Å². The van der Waals surface area contributed by atoms with Crippen LogP contribution < -0.4 is 0 Å². The lowest BCUT2D eigenvalue weighted by Gasteiger charge is -1.95. The number of nitrogens with zero attached hydrogens (tertiary/aromatic N) is 4. The lowest BCUT2D eigenvalue weighted by molar-refractivity contribution is 0.431. The first-order valence-corrected chi connectivity index (χ1v) is 5.63. The first-order chi connectivity index (χ1) is 9.22. The maximum Gasteiger partial charge on any atom is 0.259 e. The van der Waals surface area contributed by atoms with Gasteiger partial charge in [0.1, 0.15) is 11.4 Å². The molecule has 1 N–H and O–H groups in total. The zero-order valence-corrected chi connectivity index (χ0v) is 10.1. The lowest BCUT2D eigenvalue weighted by Crippen LogP contribution is -1.86. The van der Waals surface area contributed by atoms with E-state index in [1.165, 1.54) is 12.3 Å². The van der Waals surface area contributed by atoms with Gasteiger partial charge in [-0.25, -0.2) is 0 Å². The minimum atomic E-state index is 0.0472. The van der Waals surface area contributed by atoms with E-state index < -0.39 is 0 Å². The van der Waals surface area contributed by atoms with Crippen molar-refractivity contribution in [3.63, 3.8) is 0 Å². The summed E-state index contributed by atoms with van der Waals surface area (Å²) in [4.78, 5) is 12.3. The van der Waals surface area contributed by atoms with E-state index in [1.807, 2.05) is 19.1 Å². The number of hydrogen-bond donors (Lipinski definition) is 1. The molecule has 0 unspecified atom stereocenters. The van der Waals surface area contributed by atoms with Gasteiger partial charge < -0.3 is 9.63 Å². The molecule has 0 bridgehead atoms. The Balaban J connectivity index is 2.00. The van der Waals surface area contributed by atoms with Crippen molar-refractivity contribution < 1.29 is 9.63 Å². The topological polar surface area (TPSA) is 84.9 Å². The third-order valence-corrected chi connectivity index (χ3v) is 2.54. The number of aryl methyl sites for hydroxylation is 1. The summed E-state index contributed by atoms with van der Waals surface area (Å²) < 4.78 is 5.15. The van der Waals surface area contributed by atoms with Crippen molar-refractivity contribution in [1.82, 2.24) is 20.1 Å². The fourth-order valence-corrected chi connectivity index (χ4v) is 1.65. The maximum atomic E-state index is 9.37. The second-order valence-corrected chi connectivity index (χ2v) is 4.07. The van der Waals surface area contributed by atoms with Gasteiger partial charge in [0.2, 0.25) is 5.82 Å². The van der Waals surface area contributed by atoms with Gasteiger partial charge in [-0.15, -0.1) is 0 Å². The predicted molar refractivity (Wildman–Crippen MR) is 67.2 cm³/mol. The average Bonchev–Trinajstić information content (AvgIpc) is 2.88. The molecule has 0 radical (unpaired) electrons. The van der Waals surface area contributed by atoms with Crippen LogP contribution in [-0.4, -0.2) is 25.2 Å². The van der Waals surface area contributed by atoms with Crippen LogP contribution in [0, 0.1) is 6.92 Å². The third kappa shape index (κ3) is 2.28. The van der Waals surface area contributed by atoms with E-state index in [0.717, 1.165) is 5.56 Å². The molecule has 3 aromatic heterocycles. The van der Waals surface area contributed by atoms with E-state index in [4.69, 9.17) is 4.52 Å². The Hall–Kier alpha value is -2.76. The number of hydrogen-bond acceptors (Lipinski definition) is 6. The summed E-state index contributed by atoms with van der Waals surface area (Å²) in [6.45, 7) is 1.96. The van der Waals surface area contributed by atoms with E-state index in [-0.39, 0.29) is 5.75 Å². The van der Waals surface area contributed by atoms with Gasteiger partial charge in [-0.3, -0.25) is 9.97 Å². The average molecular weight is 254 g/mol. The molecule has 0 aliphatic rings. The normalized spacial score (nSPS) is 10.6. The minimum absolute atomic E-state index is 0.0472. The van der Waals surface area contributed by atoms with E-state index in [0.29, 0.717) is 23.0 Å². The van der Waals surface area contributed by atoms with Crippen LogP contribution in [0.15, 0.2) is 41.3 Å². The summed E-state index contributed by atoms with van der Waals surface area (Å²) in [6, 6.07) is 5.27. The van der Waals surface area contributed by atoms with Crippen molar-refractivity contribution in [1.29, 1.82) is 0 Å². The molecule has 0 saturated carbocycles. The highest BCUT2D eigenvalue weighted by Crippen LogP contribution is 2.23. The van der Waals surface area contributed by atoms with Crippen molar-refractivity contribution in [2.45, 2.75) is 6.92 Å². The molecule has 6 heteroatoms. The summed E-state index contributed by atoms with van der Waals surface area (Å²) in [7, 11) is 0. The molecule has 6 nitrogen and oxygen atoms in total. The molecule has 94 valence electrons. The predicted octanol–water partition coefficient (Wildman–Crippen LogP) is 2.21. The molecule has 0 saturated heterocycles. The summed E-state index contributed by atoms with van der Waals surface area (Å²) >= 11 is 0. The van der Waals surface area contributed by atoms with Crippen LogP contribution in [0.5, 0.6) is 5.75 Å². The number of aromatic nitrogens is 4. The Bertz CT molecular complexity index is 664. The molecule has 0 spiro atoms. The van der Waals surface area contributed by atoms with E-state index in [1.54, 1.807) is 12.4 Å². The van der Waals surface area contributed by atoms with Gasteiger partial charge in [-0.05, 0) is 30.7 Å². The smallest absolute Gasteiger partial charge is 0.259 e. The first-order valence-electron chi connectivity index (χ1n) is 5.63. The van der Waals surface area contributed by atoms with Crippen LogP contribution in [0.1, 0.15) is 5.56 Å². The molecule has 0 aliphatic heterocycles.